The molecular weight excluding hydrogens is 238 g/mol. The van der Waals surface area contributed by atoms with E-state index >= 15 is 0 Å². The number of anilines is 1. The van der Waals surface area contributed by atoms with Crippen molar-refractivity contribution in [2.75, 3.05) is 18.8 Å². The number of likely N-dealkylation sites (N-methyl/N-ethyl adjacent to an activating group) is 1. The summed E-state index contributed by atoms with van der Waals surface area (Å²) in [5.41, 5.74) is 5.27. The predicted molar refractivity (Wildman–Crippen MR) is 63.6 cm³/mol. The van der Waals surface area contributed by atoms with Crippen LogP contribution < -0.4 is 11.1 Å². The molecule has 0 fully saturated rings. The molecule has 0 saturated heterocycles. The summed E-state index contributed by atoms with van der Waals surface area (Å²) < 4.78 is 4.32. The quantitative estimate of drug-likeness (QED) is 0.742. The summed E-state index contributed by atoms with van der Waals surface area (Å²) in [4.78, 5) is 25.3. The monoisotopic (exact) mass is 255 g/mol. The van der Waals surface area contributed by atoms with Gasteiger partial charge in [-0.3, -0.25) is 9.59 Å². The van der Waals surface area contributed by atoms with Gasteiger partial charge in [0.1, 0.15) is 6.04 Å². The van der Waals surface area contributed by atoms with Crippen molar-refractivity contribution in [1.29, 1.82) is 0 Å². The molecule has 1 unspecified atom stereocenters. The summed E-state index contributed by atoms with van der Waals surface area (Å²) in [5.74, 6) is -0.847. The summed E-state index contributed by atoms with van der Waals surface area (Å²) >= 11 is 0. The van der Waals surface area contributed by atoms with Crippen LogP contribution in [0.1, 0.15) is 31.3 Å². The van der Waals surface area contributed by atoms with Crippen LogP contribution in [-0.2, 0) is 4.79 Å². The fourth-order valence-electron chi connectivity index (χ4n) is 1.49. The average Bonchev–Trinajstić information content (AvgIpc) is 2.76. The minimum absolute atomic E-state index is 0.102. The molecule has 0 radical (unpaired) electrons. The molecule has 0 aliphatic rings. The van der Waals surface area contributed by atoms with E-state index in [1.54, 1.807) is 11.8 Å². The molecule has 0 bridgehead atoms. The Balaban J connectivity index is 2.65. The van der Waals surface area contributed by atoms with Gasteiger partial charge < -0.3 is 16.0 Å². The molecular formula is C10H17N5O3. The Kier molecular flexibility index (Phi) is 4.64. The second kappa shape index (κ2) is 5.99. The summed E-state index contributed by atoms with van der Waals surface area (Å²) in [6, 6.07) is -0.659. The minimum Gasteiger partial charge on any atom is -0.379 e. The Hall–Kier alpha value is -2.12. The van der Waals surface area contributed by atoms with Gasteiger partial charge in [-0.15, -0.1) is 0 Å². The fourth-order valence-corrected chi connectivity index (χ4v) is 1.49. The van der Waals surface area contributed by atoms with Gasteiger partial charge >= 0.3 is 0 Å². The van der Waals surface area contributed by atoms with E-state index in [1.165, 1.54) is 0 Å². The highest BCUT2D eigenvalue weighted by Gasteiger charge is 2.23. The zero-order valence-electron chi connectivity index (χ0n) is 10.6. The summed E-state index contributed by atoms with van der Waals surface area (Å²) in [5, 5.41) is 9.16. The number of nitrogens with two attached hydrogens (primary N) is 1. The van der Waals surface area contributed by atoms with E-state index < -0.39 is 11.9 Å². The van der Waals surface area contributed by atoms with Crippen LogP contribution in [-0.4, -0.2) is 46.2 Å². The van der Waals surface area contributed by atoms with Gasteiger partial charge in [0, 0.05) is 13.1 Å². The van der Waals surface area contributed by atoms with Gasteiger partial charge in [0.2, 0.25) is 17.4 Å². The molecule has 1 rings (SSSR count). The van der Waals surface area contributed by atoms with Crippen molar-refractivity contribution in [2.24, 2.45) is 0 Å². The van der Waals surface area contributed by atoms with Gasteiger partial charge in [-0.2, -0.15) is 0 Å². The van der Waals surface area contributed by atoms with Gasteiger partial charge in [-0.05, 0) is 31.1 Å². The van der Waals surface area contributed by atoms with Crippen LogP contribution in [0.3, 0.4) is 0 Å². The second-order valence-electron chi connectivity index (χ2n) is 3.70. The maximum Gasteiger partial charge on any atom is 0.278 e. The smallest absolute Gasteiger partial charge is 0.278 e. The van der Waals surface area contributed by atoms with Crippen LogP contribution in [0.4, 0.5) is 5.82 Å². The highest BCUT2D eigenvalue weighted by molar-refractivity contribution is 5.98. The number of amides is 2. The molecule has 1 aromatic heterocycles. The topological polar surface area (TPSA) is 114 Å². The van der Waals surface area contributed by atoms with Crippen molar-refractivity contribution in [3.05, 3.63) is 5.69 Å². The zero-order valence-corrected chi connectivity index (χ0v) is 10.6. The number of hydrogen-bond acceptors (Lipinski definition) is 6. The summed E-state index contributed by atoms with van der Waals surface area (Å²) in [6.45, 7) is 6.51. The SMILES string of the molecule is CCN(CC)C(=O)C(C)NC(=O)c1nonc1N. The Labute approximate surface area is 104 Å². The lowest BCUT2D eigenvalue weighted by atomic mass is 10.2. The van der Waals surface area contributed by atoms with E-state index in [4.69, 9.17) is 5.73 Å². The van der Waals surface area contributed by atoms with Crippen molar-refractivity contribution in [3.63, 3.8) is 0 Å². The molecule has 1 aromatic rings. The Bertz CT molecular complexity index is 427. The first kappa shape index (κ1) is 13.9. The maximum atomic E-state index is 11.9. The molecule has 8 nitrogen and oxygen atoms in total. The standard InChI is InChI=1S/C10H17N5O3/c1-4-15(5-2)10(17)6(3)12-9(16)7-8(11)14-18-13-7/h6H,4-5H2,1-3H3,(H2,11,14)(H,12,16). The minimum atomic E-state index is -0.659. The normalized spacial score (nSPS) is 11.9. The zero-order chi connectivity index (χ0) is 13.7. The van der Waals surface area contributed by atoms with Gasteiger partial charge in [-0.25, -0.2) is 4.63 Å². The molecule has 2 amide bonds. The number of nitrogens with one attached hydrogen (secondary N) is 1. The van der Waals surface area contributed by atoms with Crippen LogP contribution in [0.5, 0.6) is 0 Å². The average molecular weight is 255 g/mol. The lowest BCUT2D eigenvalue weighted by Crippen LogP contribution is -2.47. The van der Waals surface area contributed by atoms with Crippen molar-refractivity contribution >= 4 is 17.6 Å². The third-order valence-corrected chi connectivity index (χ3v) is 2.52. The first-order valence-corrected chi connectivity index (χ1v) is 5.68. The van der Waals surface area contributed by atoms with E-state index in [9.17, 15) is 9.59 Å². The Morgan fingerprint density at radius 1 is 1.39 bits per heavy atom. The largest absolute Gasteiger partial charge is 0.379 e. The molecule has 0 aromatic carbocycles. The third-order valence-electron chi connectivity index (χ3n) is 2.52. The van der Waals surface area contributed by atoms with E-state index in [0.29, 0.717) is 13.1 Å². The summed E-state index contributed by atoms with van der Waals surface area (Å²) in [6.07, 6.45) is 0. The van der Waals surface area contributed by atoms with Crippen molar-refractivity contribution < 1.29 is 14.2 Å². The lowest BCUT2D eigenvalue weighted by molar-refractivity contribution is -0.132. The predicted octanol–water partition coefficient (Wildman–Crippen LogP) is -0.361. The molecule has 18 heavy (non-hydrogen) atoms. The third kappa shape index (κ3) is 2.96. The van der Waals surface area contributed by atoms with E-state index in [2.05, 4.69) is 20.3 Å². The number of carbonyl (C=O) groups is 2. The highest BCUT2D eigenvalue weighted by Crippen LogP contribution is 2.04. The molecule has 3 N–H and O–H groups in total. The molecule has 0 aliphatic carbocycles. The maximum absolute atomic E-state index is 11.9. The molecule has 1 heterocycles. The number of aromatic nitrogens is 2. The fraction of sp³-hybridized carbons (Fsp3) is 0.600. The molecule has 100 valence electrons. The first-order chi connectivity index (χ1) is 8.51. The first-order valence-electron chi connectivity index (χ1n) is 5.68. The van der Waals surface area contributed by atoms with E-state index in [-0.39, 0.29) is 17.4 Å². The van der Waals surface area contributed by atoms with Crippen molar-refractivity contribution in [2.45, 2.75) is 26.8 Å². The van der Waals surface area contributed by atoms with Crippen molar-refractivity contribution in [3.8, 4) is 0 Å². The highest BCUT2D eigenvalue weighted by atomic mass is 16.6. The van der Waals surface area contributed by atoms with E-state index in [0.717, 1.165) is 0 Å². The molecule has 0 saturated carbocycles. The second-order valence-corrected chi connectivity index (χ2v) is 3.70. The molecule has 0 aliphatic heterocycles. The molecule has 8 heteroatoms. The van der Waals surface area contributed by atoms with Crippen LogP contribution >= 0.6 is 0 Å². The van der Waals surface area contributed by atoms with Gasteiger partial charge in [0.15, 0.2) is 0 Å². The van der Waals surface area contributed by atoms with Crippen LogP contribution in [0, 0.1) is 0 Å². The number of nitrogen functional groups attached to an aromatic ring is 1. The van der Waals surface area contributed by atoms with Gasteiger partial charge in [0.25, 0.3) is 5.91 Å². The Morgan fingerprint density at radius 2 is 2.00 bits per heavy atom. The van der Waals surface area contributed by atoms with E-state index in [1.807, 2.05) is 13.8 Å². The lowest BCUT2D eigenvalue weighted by Gasteiger charge is -2.23. The van der Waals surface area contributed by atoms with Crippen molar-refractivity contribution in [1.82, 2.24) is 20.5 Å². The number of hydrogen-bond donors (Lipinski definition) is 2. The van der Waals surface area contributed by atoms with Crippen LogP contribution in [0.15, 0.2) is 4.63 Å². The Morgan fingerprint density at radius 3 is 2.44 bits per heavy atom. The van der Waals surface area contributed by atoms with Crippen LogP contribution in [0.2, 0.25) is 0 Å². The summed E-state index contributed by atoms with van der Waals surface area (Å²) in [7, 11) is 0. The number of carbonyl (C=O) groups excluding carboxylic acids is 2. The van der Waals surface area contributed by atoms with Gasteiger partial charge in [-0.1, -0.05) is 0 Å². The molecule has 1 atom stereocenters. The molecule has 0 spiro atoms. The van der Waals surface area contributed by atoms with Gasteiger partial charge in [0.05, 0.1) is 0 Å². The van der Waals surface area contributed by atoms with Crippen LogP contribution in [0.25, 0.3) is 0 Å². The number of rotatable bonds is 5. The number of nitrogens with zero attached hydrogens (tertiary/aromatic N) is 3.